The SMILES string of the molecule is c1ccc(-c2ccc(N(c3ccc(-c4cccc5c4oc4c6ccccc6n(-c6ccccc6)c54)cc3)c3ccc4c(c3)C(c3ccccc3)(c3ccccc3)c3ccccc3-4)cc2)cc1. The molecule has 0 saturated carbocycles. The average Bonchev–Trinajstić information content (AvgIpc) is 4.04. The third-order valence-electron chi connectivity index (χ3n) is 13.7. The van der Waals surface area contributed by atoms with Gasteiger partial charge in [-0.05, 0) is 117 Å². The maximum atomic E-state index is 6.95. The van der Waals surface area contributed by atoms with Gasteiger partial charge in [-0.15, -0.1) is 0 Å². The minimum Gasteiger partial charge on any atom is -0.453 e. The molecule has 0 amide bonds. The van der Waals surface area contributed by atoms with Crippen LogP contribution < -0.4 is 4.90 Å². The van der Waals surface area contributed by atoms with E-state index >= 15 is 0 Å². The van der Waals surface area contributed by atoms with E-state index in [-0.39, 0.29) is 0 Å². The normalized spacial score (nSPS) is 12.7. The van der Waals surface area contributed by atoms with Crippen LogP contribution in [0.25, 0.3) is 72.0 Å². The van der Waals surface area contributed by atoms with Gasteiger partial charge >= 0.3 is 0 Å². The van der Waals surface area contributed by atoms with Crippen molar-refractivity contribution in [1.29, 1.82) is 0 Å². The van der Waals surface area contributed by atoms with Crippen molar-refractivity contribution in [3.63, 3.8) is 0 Å². The summed E-state index contributed by atoms with van der Waals surface area (Å²) in [5.41, 5.74) is 19.9. The van der Waals surface area contributed by atoms with Crippen molar-refractivity contribution in [3.8, 4) is 39.1 Å². The summed E-state index contributed by atoms with van der Waals surface area (Å²) in [6, 6.07) is 92.3. The number of nitrogens with zero attached hydrogens (tertiary/aromatic N) is 2. The van der Waals surface area contributed by atoms with Gasteiger partial charge in [0, 0.05) is 39.1 Å². The number of furan rings is 1. The maximum absolute atomic E-state index is 6.95. The monoisotopic (exact) mass is 842 g/mol. The van der Waals surface area contributed by atoms with E-state index in [9.17, 15) is 0 Å². The van der Waals surface area contributed by atoms with E-state index in [0.29, 0.717) is 0 Å². The summed E-state index contributed by atoms with van der Waals surface area (Å²) in [6.45, 7) is 0. The molecule has 0 saturated heterocycles. The number of benzene rings is 10. The molecule has 13 rings (SSSR count). The molecule has 3 nitrogen and oxygen atoms in total. The van der Waals surface area contributed by atoms with Gasteiger partial charge < -0.3 is 13.9 Å². The van der Waals surface area contributed by atoms with E-state index in [1.54, 1.807) is 0 Å². The first-order valence-corrected chi connectivity index (χ1v) is 22.7. The van der Waals surface area contributed by atoms with Gasteiger partial charge in [0.1, 0.15) is 11.1 Å². The summed E-state index contributed by atoms with van der Waals surface area (Å²) in [4.78, 5) is 2.40. The molecule has 2 aromatic heterocycles. The Labute approximate surface area is 383 Å². The molecule has 10 aromatic carbocycles. The zero-order valence-electron chi connectivity index (χ0n) is 36.1. The van der Waals surface area contributed by atoms with Crippen LogP contribution in [0.1, 0.15) is 22.3 Å². The second-order valence-corrected chi connectivity index (χ2v) is 17.2. The van der Waals surface area contributed by atoms with Crippen molar-refractivity contribution in [2.45, 2.75) is 5.41 Å². The second kappa shape index (κ2) is 15.3. The van der Waals surface area contributed by atoms with Crippen molar-refractivity contribution in [2.24, 2.45) is 0 Å². The molecule has 0 atom stereocenters. The third-order valence-corrected chi connectivity index (χ3v) is 13.7. The number of hydrogen-bond acceptors (Lipinski definition) is 2. The summed E-state index contributed by atoms with van der Waals surface area (Å²) >= 11 is 0. The number of anilines is 3. The molecule has 66 heavy (non-hydrogen) atoms. The van der Waals surface area contributed by atoms with Crippen molar-refractivity contribution < 1.29 is 4.42 Å². The Morgan fingerprint density at radius 2 is 0.864 bits per heavy atom. The first-order chi connectivity index (χ1) is 32.8. The molecule has 0 bridgehead atoms. The predicted octanol–water partition coefficient (Wildman–Crippen LogP) is 16.7. The Morgan fingerprint density at radius 1 is 0.348 bits per heavy atom. The first-order valence-electron chi connectivity index (χ1n) is 22.7. The summed E-state index contributed by atoms with van der Waals surface area (Å²) in [5.74, 6) is 0. The lowest BCUT2D eigenvalue weighted by atomic mass is 9.67. The van der Waals surface area contributed by atoms with Crippen LogP contribution in [0.3, 0.4) is 0 Å². The van der Waals surface area contributed by atoms with Gasteiger partial charge in [0.25, 0.3) is 0 Å². The van der Waals surface area contributed by atoms with Crippen molar-refractivity contribution in [3.05, 3.63) is 277 Å². The van der Waals surface area contributed by atoms with Gasteiger partial charge in [0.2, 0.25) is 0 Å². The Kier molecular flexibility index (Phi) is 8.75. The molecule has 0 fully saturated rings. The van der Waals surface area contributed by atoms with Crippen LogP contribution in [-0.4, -0.2) is 4.57 Å². The van der Waals surface area contributed by atoms with Gasteiger partial charge in [-0.25, -0.2) is 0 Å². The minimum atomic E-state index is -0.518. The van der Waals surface area contributed by atoms with Gasteiger partial charge in [0.05, 0.1) is 10.9 Å². The molecule has 310 valence electrons. The number of aromatic nitrogens is 1. The van der Waals surface area contributed by atoms with E-state index in [4.69, 9.17) is 4.42 Å². The van der Waals surface area contributed by atoms with Crippen LogP contribution in [-0.2, 0) is 5.41 Å². The van der Waals surface area contributed by atoms with Crippen LogP contribution in [0.15, 0.2) is 259 Å². The van der Waals surface area contributed by atoms with Crippen molar-refractivity contribution in [2.75, 3.05) is 4.90 Å². The molecular weight excluding hydrogens is 801 g/mol. The van der Waals surface area contributed by atoms with E-state index in [0.717, 1.165) is 66.8 Å². The van der Waals surface area contributed by atoms with Gasteiger partial charge in [0.15, 0.2) is 5.58 Å². The third kappa shape index (κ3) is 5.77. The Morgan fingerprint density at radius 3 is 1.56 bits per heavy atom. The van der Waals surface area contributed by atoms with Crippen LogP contribution in [0.2, 0.25) is 0 Å². The molecule has 0 spiro atoms. The zero-order chi connectivity index (χ0) is 43.6. The number of hydrogen-bond donors (Lipinski definition) is 0. The maximum Gasteiger partial charge on any atom is 0.161 e. The van der Waals surface area contributed by atoms with Crippen molar-refractivity contribution >= 4 is 50.0 Å². The fourth-order valence-corrected chi connectivity index (χ4v) is 10.8. The molecule has 3 heteroatoms. The molecule has 0 unspecified atom stereocenters. The van der Waals surface area contributed by atoms with E-state index < -0.39 is 5.41 Å². The smallest absolute Gasteiger partial charge is 0.161 e. The van der Waals surface area contributed by atoms with Crippen molar-refractivity contribution in [1.82, 2.24) is 4.57 Å². The summed E-state index contributed by atoms with van der Waals surface area (Å²) in [7, 11) is 0. The minimum absolute atomic E-state index is 0.518. The zero-order valence-corrected chi connectivity index (χ0v) is 36.1. The van der Waals surface area contributed by atoms with Gasteiger partial charge in [-0.3, -0.25) is 0 Å². The number of rotatable bonds is 8. The van der Waals surface area contributed by atoms with Crippen LogP contribution >= 0.6 is 0 Å². The highest BCUT2D eigenvalue weighted by molar-refractivity contribution is 6.18. The van der Waals surface area contributed by atoms with Crippen LogP contribution in [0, 0.1) is 0 Å². The number of fused-ring (bicyclic) bond motifs is 8. The fraction of sp³-hybridized carbons (Fsp3) is 0.0159. The largest absolute Gasteiger partial charge is 0.453 e. The summed E-state index contributed by atoms with van der Waals surface area (Å²) < 4.78 is 9.28. The molecule has 0 radical (unpaired) electrons. The molecule has 12 aromatic rings. The lowest BCUT2D eigenvalue weighted by molar-refractivity contribution is 0.674. The average molecular weight is 843 g/mol. The Balaban J connectivity index is 0.983. The highest BCUT2D eigenvalue weighted by Gasteiger charge is 2.46. The van der Waals surface area contributed by atoms with Gasteiger partial charge in [-0.2, -0.15) is 0 Å². The standard InChI is InChI=1S/C63H42N2O/c1-5-18-43(19-6-1)44-32-36-49(37-33-44)64(51-40-41-54-53-26-13-15-30-57(53)63(58(54)42-51,46-20-7-2-8-21-46)47-22-9-3-10-23-47)50-38-34-45(35-39-50)52-28-17-29-56-60-62(66-61(52)56)55-27-14-16-31-59(55)65(60)48-24-11-4-12-25-48/h1-42H. The predicted molar refractivity (Wildman–Crippen MR) is 273 cm³/mol. The quantitative estimate of drug-likeness (QED) is 0.152. The number of para-hydroxylation sites is 3. The summed E-state index contributed by atoms with van der Waals surface area (Å²) in [6.07, 6.45) is 0. The second-order valence-electron chi connectivity index (χ2n) is 17.2. The summed E-state index contributed by atoms with van der Waals surface area (Å²) in [5, 5.41) is 2.19. The first kappa shape index (κ1) is 37.9. The lowest BCUT2D eigenvalue weighted by Gasteiger charge is -2.35. The molecule has 0 aliphatic heterocycles. The lowest BCUT2D eigenvalue weighted by Crippen LogP contribution is -2.28. The Hall–Kier alpha value is -8.66. The molecule has 1 aliphatic rings. The fourth-order valence-electron chi connectivity index (χ4n) is 10.8. The molecule has 0 N–H and O–H groups in total. The highest BCUT2D eigenvalue weighted by Crippen LogP contribution is 2.57. The molecule has 1 aliphatic carbocycles. The van der Waals surface area contributed by atoms with Gasteiger partial charge in [-0.1, -0.05) is 188 Å². The molecular formula is C63H42N2O. The van der Waals surface area contributed by atoms with E-state index in [2.05, 4.69) is 264 Å². The molecule has 2 heterocycles. The van der Waals surface area contributed by atoms with E-state index in [1.807, 2.05) is 0 Å². The topological polar surface area (TPSA) is 21.3 Å². The highest BCUT2D eigenvalue weighted by atomic mass is 16.3. The van der Waals surface area contributed by atoms with Crippen LogP contribution in [0.4, 0.5) is 17.1 Å². The van der Waals surface area contributed by atoms with E-state index in [1.165, 1.54) is 44.5 Å². The van der Waals surface area contributed by atoms with Crippen LogP contribution in [0.5, 0.6) is 0 Å². The Bertz CT molecular complexity index is 3680.